The number of nitrogens with zero attached hydrogens (tertiary/aromatic N) is 1. The lowest BCUT2D eigenvalue weighted by Crippen LogP contribution is -2.31. The van der Waals surface area contributed by atoms with Crippen LogP contribution in [0.1, 0.15) is 40.5 Å². The zero-order valence-electron chi connectivity index (χ0n) is 12.2. The van der Waals surface area contributed by atoms with Crippen molar-refractivity contribution in [3.05, 3.63) is 60.0 Å². The molecule has 0 bridgehead atoms. The van der Waals surface area contributed by atoms with Crippen LogP contribution >= 0.6 is 0 Å². The van der Waals surface area contributed by atoms with E-state index in [1.54, 1.807) is 0 Å². The molecule has 0 saturated heterocycles. The van der Waals surface area contributed by atoms with Crippen LogP contribution < -0.4 is 0 Å². The van der Waals surface area contributed by atoms with Crippen molar-refractivity contribution in [2.24, 2.45) is 0 Å². The molecule has 1 rings (SSSR count). The third kappa shape index (κ3) is 3.04. The maximum absolute atomic E-state index is 4.19. The molecule has 0 amide bonds. The van der Waals surface area contributed by atoms with Gasteiger partial charge in [0.1, 0.15) is 0 Å². The van der Waals surface area contributed by atoms with E-state index in [4.69, 9.17) is 0 Å². The Morgan fingerprint density at radius 1 is 1.50 bits per heavy atom. The minimum Gasteiger partial charge on any atom is -0.343 e. The second-order valence-corrected chi connectivity index (χ2v) is 4.76. The van der Waals surface area contributed by atoms with Gasteiger partial charge < -0.3 is 4.90 Å². The SMILES string of the molecule is C=CC1=CC=C(C(C)N(C(=C)CC)/C(C)=C\C)C1. The minimum atomic E-state index is 0.363. The molecule has 0 aliphatic heterocycles. The van der Waals surface area contributed by atoms with Gasteiger partial charge in [-0.2, -0.15) is 0 Å². The van der Waals surface area contributed by atoms with E-state index < -0.39 is 0 Å². The van der Waals surface area contributed by atoms with Gasteiger partial charge in [0.15, 0.2) is 0 Å². The molecule has 0 fully saturated rings. The van der Waals surface area contributed by atoms with Crippen LogP contribution in [-0.2, 0) is 0 Å². The fourth-order valence-corrected chi connectivity index (χ4v) is 2.30. The van der Waals surface area contributed by atoms with Gasteiger partial charge in [0.05, 0.1) is 6.04 Å². The van der Waals surface area contributed by atoms with E-state index in [0.29, 0.717) is 6.04 Å². The molecule has 1 nitrogen and oxygen atoms in total. The van der Waals surface area contributed by atoms with Crippen molar-refractivity contribution in [1.29, 1.82) is 0 Å². The maximum atomic E-state index is 4.19. The molecule has 1 heteroatoms. The zero-order valence-corrected chi connectivity index (χ0v) is 12.2. The summed E-state index contributed by atoms with van der Waals surface area (Å²) in [6, 6.07) is 0.363. The lowest BCUT2D eigenvalue weighted by atomic mass is 10.0. The van der Waals surface area contributed by atoms with Crippen molar-refractivity contribution in [2.45, 2.75) is 46.6 Å². The van der Waals surface area contributed by atoms with Crippen LogP contribution in [-0.4, -0.2) is 10.9 Å². The van der Waals surface area contributed by atoms with E-state index in [2.05, 4.69) is 64.0 Å². The first-order valence-corrected chi connectivity index (χ1v) is 6.67. The topological polar surface area (TPSA) is 3.24 Å². The van der Waals surface area contributed by atoms with Gasteiger partial charge in [-0.1, -0.05) is 44.4 Å². The molecular formula is C17H25N. The summed E-state index contributed by atoms with van der Waals surface area (Å²) in [6.07, 6.45) is 10.5. The third-order valence-corrected chi connectivity index (χ3v) is 3.65. The molecule has 1 aliphatic carbocycles. The molecule has 0 heterocycles. The Labute approximate surface area is 112 Å². The normalized spacial score (nSPS) is 17.0. The molecule has 1 atom stereocenters. The molecule has 0 saturated carbocycles. The minimum absolute atomic E-state index is 0.363. The van der Waals surface area contributed by atoms with Crippen molar-refractivity contribution in [3.8, 4) is 0 Å². The average Bonchev–Trinajstić information content (AvgIpc) is 2.86. The van der Waals surface area contributed by atoms with E-state index in [9.17, 15) is 0 Å². The maximum Gasteiger partial charge on any atom is 0.0522 e. The summed E-state index contributed by atoms with van der Waals surface area (Å²) >= 11 is 0. The largest absolute Gasteiger partial charge is 0.343 e. The molecule has 1 unspecified atom stereocenters. The molecule has 98 valence electrons. The molecule has 0 radical (unpaired) electrons. The van der Waals surface area contributed by atoms with Crippen molar-refractivity contribution in [1.82, 2.24) is 4.90 Å². The molecule has 0 aromatic heterocycles. The lowest BCUT2D eigenvalue weighted by Gasteiger charge is -2.34. The standard InChI is InChI=1S/C17H25N/c1-7-13(4)18(14(5)8-2)15(6)17-11-10-16(9-3)12-17/h8-11,15H,3-4,7,12H2,1-2,5-6H3/b14-8-. The van der Waals surface area contributed by atoms with Gasteiger partial charge >= 0.3 is 0 Å². The first-order valence-electron chi connectivity index (χ1n) is 6.67. The van der Waals surface area contributed by atoms with Gasteiger partial charge in [0, 0.05) is 11.4 Å². The highest BCUT2D eigenvalue weighted by atomic mass is 15.2. The van der Waals surface area contributed by atoms with Gasteiger partial charge in [0.2, 0.25) is 0 Å². The summed E-state index contributed by atoms with van der Waals surface area (Å²) in [6.45, 7) is 16.7. The van der Waals surface area contributed by atoms with Crippen molar-refractivity contribution < 1.29 is 0 Å². The summed E-state index contributed by atoms with van der Waals surface area (Å²) in [5, 5.41) is 0. The Morgan fingerprint density at radius 2 is 2.17 bits per heavy atom. The fraction of sp³-hybridized carbons (Fsp3) is 0.412. The summed E-state index contributed by atoms with van der Waals surface area (Å²) in [7, 11) is 0. The summed E-state index contributed by atoms with van der Waals surface area (Å²) < 4.78 is 0. The van der Waals surface area contributed by atoms with E-state index in [1.807, 2.05) is 6.08 Å². The number of rotatable bonds is 6. The average molecular weight is 243 g/mol. The Kier molecular flexibility index (Phi) is 5.21. The van der Waals surface area contributed by atoms with Crippen LogP contribution in [0.3, 0.4) is 0 Å². The van der Waals surface area contributed by atoms with E-state index >= 15 is 0 Å². The van der Waals surface area contributed by atoms with Crippen LogP contribution in [0.25, 0.3) is 0 Å². The van der Waals surface area contributed by atoms with Crippen LogP contribution in [0, 0.1) is 0 Å². The molecule has 0 aromatic rings. The number of allylic oxidation sites excluding steroid dienone is 7. The van der Waals surface area contributed by atoms with Gasteiger partial charge in [0.25, 0.3) is 0 Å². The lowest BCUT2D eigenvalue weighted by molar-refractivity contribution is 0.358. The van der Waals surface area contributed by atoms with E-state index in [-0.39, 0.29) is 0 Å². The Hall–Kier alpha value is -1.50. The highest BCUT2D eigenvalue weighted by molar-refractivity contribution is 5.39. The Morgan fingerprint density at radius 3 is 2.61 bits per heavy atom. The second-order valence-electron chi connectivity index (χ2n) is 4.76. The van der Waals surface area contributed by atoms with E-state index in [0.717, 1.165) is 12.8 Å². The van der Waals surface area contributed by atoms with Gasteiger partial charge in [-0.25, -0.2) is 0 Å². The van der Waals surface area contributed by atoms with Gasteiger partial charge in [-0.05, 0) is 44.8 Å². The van der Waals surface area contributed by atoms with Crippen LogP contribution in [0.15, 0.2) is 60.0 Å². The Balaban J connectivity index is 2.89. The number of hydrogen-bond donors (Lipinski definition) is 0. The van der Waals surface area contributed by atoms with Crippen molar-refractivity contribution >= 4 is 0 Å². The first-order chi connectivity index (χ1) is 8.54. The third-order valence-electron chi connectivity index (χ3n) is 3.65. The van der Waals surface area contributed by atoms with Crippen molar-refractivity contribution in [3.63, 3.8) is 0 Å². The molecular weight excluding hydrogens is 218 g/mol. The highest BCUT2D eigenvalue weighted by Crippen LogP contribution is 2.29. The van der Waals surface area contributed by atoms with Crippen molar-refractivity contribution in [2.75, 3.05) is 0 Å². The van der Waals surface area contributed by atoms with Crippen LogP contribution in [0.2, 0.25) is 0 Å². The van der Waals surface area contributed by atoms with Gasteiger partial charge in [-0.15, -0.1) is 0 Å². The molecule has 0 aromatic carbocycles. The van der Waals surface area contributed by atoms with Gasteiger partial charge in [-0.3, -0.25) is 0 Å². The fourth-order valence-electron chi connectivity index (χ4n) is 2.30. The monoisotopic (exact) mass is 243 g/mol. The van der Waals surface area contributed by atoms with E-state index in [1.165, 1.54) is 22.5 Å². The summed E-state index contributed by atoms with van der Waals surface area (Å²) in [4.78, 5) is 2.34. The zero-order chi connectivity index (χ0) is 13.7. The predicted octanol–water partition coefficient (Wildman–Crippen LogP) is 4.97. The quantitative estimate of drug-likeness (QED) is 0.637. The predicted molar refractivity (Wildman–Crippen MR) is 81.1 cm³/mol. The molecule has 1 aliphatic rings. The summed E-state index contributed by atoms with van der Waals surface area (Å²) in [5.74, 6) is 0. The van der Waals surface area contributed by atoms with Crippen LogP contribution in [0.4, 0.5) is 0 Å². The molecule has 0 N–H and O–H groups in total. The summed E-state index contributed by atoms with van der Waals surface area (Å²) in [5.41, 5.74) is 5.17. The molecule has 0 spiro atoms. The first kappa shape index (κ1) is 14.6. The second kappa shape index (κ2) is 6.44. The molecule has 18 heavy (non-hydrogen) atoms. The van der Waals surface area contributed by atoms with Crippen LogP contribution in [0.5, 0.6) is 0 Å². The highest BCUT2D eigenvalue weighted by Gasteiger charge is 2.21. The Bertz CT molecular complexity index is 421. The number of hydrogen-bond acceptors (Lipinski definition) is 1. The smallest absolute Gasteiger partial charge is 0.0522 e.